The number of methoxy groups -OCH3 is 1. The van der Waals surface area contributed by atoms with Gasteiger partial charge in [0.15, 0.2) is 0 Å². The highest BCUT2D eigenvalue weighted by Crippen LogP contribution is 2.17. The van der Waals surface area contributed by atoms with E-state index in [0.717, 1.165) is 23.4 Å². The van der Waals surface area contributed by atoms with Crippen LogP contribution in [0.1, 0.15) is 29.8 Å². The molecule has 0 saturated carbocycles. The Labute approximate surface area is 115 Å². The Balaban J connectivity index is 2.83. The molecule has 106 valence electrons. The van der Waals surface area contributed by atoms with Crippen molar-refractivity contribution in [3.63, 3.8) is 0 Å². The lowest BCUT2D eigenvalue weighted by Crippen LogP contribution is -2.33. The average molecular weight is 264 g/mol. The first-order valence-corrected chi connectivity index (χ1v) is 6.76. The van der Waals surface area contributed by atoms with Crippen molar-refractivity contribution in [1.82, 2.24) is 4.90 Å². The second-order valence-electron chi connectivity index (χ2n) is 4.44. The van der Waals surface area contributed by atoms with Crippen molar-refractivity contribution in [2.75, 3.05) is 38.7 Å². The molecular weight excluding hydrogens is 240 g/mol. The van der Waals surface area contributed by atoms with E-state index in [4.69, 9.17) is 4.74 Å². The second kappa shape index (κ2) is 7.79. The summed E-state index contributed by atoms with van der Waals surface area (Å²) in [7, 11) is 1.65. The van der Waals surface area contributed by atoms with E-state index in [-0.39, 0.29) is 5.91 Å². The lowest BCUT2D eigenvalue weighted by atomic mass is 10.1. The maximum absolute atomic E-state index is 12.4. The fourth-order valence-corrected chi connectivity index (χ4v) is 1.97. The number of benzene rings is 1. The smallest absolute Gasteiger partial charge is 0.253 e. The summed E-state index contributed by atoms with van der Waals surface area (Å²) in [6.07, 6.45) is 0. The molecule has 4 heteroatoms. The van der Waals surface area contributed by atoms with Crippen LogP contribution in [0.3, 0.4) is 0 Å². The molecule has 1 amide bonds. The van der Waals surface area contributed by atoms with Gasteiger partial charge in [0.05, 0.1) is 6.61 Å². The van der Waals surface area contributed by atoms with Crippen LogP contribution in [0.4, 0.5) is 5.69 Å². The van der Waals surface area contributed by atoms with E-state index in [1.807, 2.05) is 32.0 Å². The third-order valence-electron chi connectivity index (χ3n) is 3.07. The molecule has 1 aromatic carbocycles. The van der Waals surface area contributed by atoms with Gasteiger partial charge < -0.3 is 15.0 Å². The Morgan fingerprint density at radius 3 is 2.63 bits per heavy atom. The molecule has 0 saturated heterocycles. The molecule has 0 aromatic heterocycles. The Morgan fingerprint density at radius 1 is 1.37 bits per heavy atom. The average Bonchev–Trinajstić information content (AvgIpc) is 2.42. The fourth-order valence-electron chi connectivity index (χ4n) is 1.97. The number of anilines is 1. The van der Waals surface area contributed by atoms with Crippen LogP contribution in [0.15, 0.2) is 18.2 Å². The lowest BCUT2D eigenvalue weighted by molar-refractivity contribution is 0.0706. The van der Waals surface area contributed by atoms with Crippen LogP contribution in [0.25, 0.3) is 0 Å². The molecule has 0 aliphatic rings. The van der Waals surface area contributed by atoms with Gasteiger partial charge >= 0.3 is 0 Å². The molecule has 0 fully saturated rings. The van der Waals surface area contributed by atoms with Gasteiger partial charge in [0.1, 0.15) is 0 Å². The minimum absolute atomic E-state index is 0.0608. The van der Waals surface area contributed by atoms with Crippen LogP contribution in [0.2, 0.25) is 0 Å². The highest BCUT2D eigenvalue weighted by Gasteiger charge is 2.14. The highest BCUT2D eigenvalue weighted by molar-refractivity contribution is 5.95. The highest BCUT2D eigenvalue weighted by atomic mass is 16.5. The summed E-state index contributed by atoms with van der Waals surface area (Å²) in [4.78, 5) is 14.1. The predicted molar refractivity (Wildman–Crippen MR) is 78.8 cm³/mol. The molecule has 1 N–H and O–H groups in total. The van der Waals surface area contributed by atoms with Crippen molar-refractivity contribution < 1.29 is 9.53 Å². The monoisotopic (exact) mass is 264 g/mol. The van der Waals surface area contributed by atoms with Gasteiger partial charge in [-0.15, -0.1) is 0 Å². The summed E-state index contributed by atoms with van der Waals surface area (Å²) < 4.78 is 5.03. The number of amides is 1. The molecule has 0 heterocycles. The number of rotatable bonds is 7. The largest absolute Gasteiger partial charge is 0.385 e. The number of carbonyl (C=O) groups is 1. The third-order valence-corrected chi connectivity index (χ3v) is 3.07. The Hall–Kier alpha value is -1.55. The summed E-state index contributed by atoms with van der Waals surface area (Å²) in [6, 6.07) is 5.79. The van der Waals surface area contributed by atoms with E-state index >= 15 is 0 Å². The van der Waals surface area contributed by atoms with Gasteiger partial charge in [-0.25, -0.2) is 0 Å². The van der Waals surface area contributed by atoms with Crippen LogP contribution >= 0.6 is 0 Å². The molecule has 0 bridgehead atoms. The van der Waals surface area contributed by atoms with E-state index in [1.54, 1.807) is 12.0 Å². The normalized spacial score (nSPS) is 10.3. The number of ether oxygens (including phenoxy) is 1. The predicted octanol–water partition coefficient (Wildman–Crippen LogP) is 2.54. The number of carbonyl (C=O) groups excluding carboxylic acids is 1. The summed E-state index contributed by atoms with van der Waals surface area (Å²) in [5.41, 5.74) is 2.91. The van der Waals surface area contributed by atoms with Gasteiger partial charge in [-0.3, -0.25) is 4.79 Å². The standard InChI is InChI=1S/C15H24N2O2/c1-5-16-14-8-7-13(11-12(14)3)15(18)17(6-2)9-10-19-4/h7-8,11,16H,5-6,9-10H2,1-4H3. The lowest BCUT2D eigenvalue weighted by Gasteiger charge is -2.21. The van der Waals surface area contributed by atoms with Crippen LogP contribution in [0.5, 0.6) is 0 Å². The first-order chi connectivity index (χ1) is 9.13. The first-order valence-electron chi connectivity index (χ1n) is 6.76. The van der Waals surface area contributed by atoms with Crippen molar-refractivity contribution in [1.29, 1.82) is 0 Å². The molecule has 1 aromatic rings. The molecule has 19 heavy (non-hydrogen) atoms. The minimum atomic E-state index is 0.0608. The Kier molecular flexibility index (Phi) is 6.36. The number of hydrogen-bond donors (Lipinski definition) is 1. The van der Waals surface area contributed by atoms with Crippen molar-refractivity contribution in [3.8, 4) is 0 Å². The third kappa shape index (κ3) is 4.24. The van der Waals surface area contributed by atoms with E-state index in [2.05, 4.69) is 12.2 Å². The molecule has 0 aliphatic carbocycles. The quantitative estimate of drug-likeness (QED) is 0.823. The van der Waals surface area contributed by atoms with E-state index < -0.39 is 0 Å². The SMILES string of the molecule is CCNc1ccc(C(=O)N(CC)CCOC)cc1C. The maximum atomic E-state index is 12.4. The second-order valence-corrected chi connectivity index (χ2v) is 4.44. The van der Waals surface area contributed by atoms with Crippen molar-refractivity contribution >= 4 is 11.6 Å². The summed E-state index contributed by atoms with van der Waals surface area (Å²) >= 11 is 0. The molecule has 0 unspecified atom stereocenters. The molecule has 1 rings (SSSR count). The number of aryl methyl sites for hydroxylation is 1. The summed E-state index contributed by atoms with van der Waals surface area (Å²) in [5, 5.41) is 3.27. The van der Waals surface area contributed by atoms with E-state index in [1.165, 1.54) is 0 Å². The molecule has 0 spiro atoms. The van der Waals surface area contributed by atoms with Gasteiger partial charge in [-0.05, 0) is 44.5 Å². The molecular formula is C15H24N2O2. The van der Waals surface area contributed by atoms with Crippen molar-refractivity contribution in [3.05, 3.63) is 29.3 Å². The zero-order chi connectivity index (χ0) is 14.3. The number of hydrogen-bond acceptors (Lipinski definition) is 3. The minimum Gasteiger partial charge on any atom is -0.385 e. The number of nitrogens with zero attached hydrogens (tertiary/aromatic N) is 1. The topological polar surface area (TPSA) is 41.6 Å². The Bertz CT molecular complexity index is 419. The summed E-state index contributed by atoms with van der Waals surface area (Å²) in [5.74, 6) is 0.0608. The van der Waals surface area contributed by atoms with Gasteiger partial charge in [0.25, 0.3) is 5.91 Å². The van der Waals surface area contributed by atoms with Crippen LogP contribution in [-0.4, -0.2) is 44.2 Å². The van der Waals surface area contributed by atoms with Crippen LogP contribution < -0.4 is 5.32 Å². The zero-order valence-corrected chi connectivity index (χ0v) is 12.3. The summed E-state index contributed by atoms with van der Waals surface area (Å²) in [6.45, 7) is 8.81. The molecule has 4 nitrogen and oxygen atoms in total. The molecule has 0 atom stereocenters. The fraction of sp³-hybridized carbons (Fsp3) is 0.533. The number of likely N-dealkylation sites (N-methyl/N-ethyl adjacent to an activating group) is 1. The Morgan fingerprint density at radius 2 is 2.11 bits per heavy atom. The van der Waals surface area contributed by atoms with Gasteiger partial charge in [-0.1, -0.05) is 0 Å². The van der Waals surface area contributed by atoms with Crippen molar-refractivity contribution in [2.24, 2.45) is 0 Å². The first kappa shape index (κ1) is 15.5. The van der Waals surface area contributed by atoms with Crippen molar-refractivity contribution in [2.45, 2.75) is 20.8 Å². The maximum Gasteiger partial charge on any atom is 0.253 e. The van der Waals surface area contributed by atoms with E-state index in [9.17, 15) is 4.79 Å². The van der Waals surface area contributed by atoms with Crippen LogP contribution in [0, 0.1) is 6.92 Å². The van der Waals surface area contributed by atoms with Crippen LogP contribution in [-0.2, 0) is 4.74 Å². The van der Waals surface area contributed by atoms with Gasteiger partial charge in [0.2, 0.25) is 0 Å². The molecule has 0 radical (unpaired) electrons. The van der Waals surface area contributed by atoms with Gasteiger partial charge in [-0.2, -0.15) is 0 Å². The van der Waals surface area contributed by atoms with E-state index in [0.29, 0.717) is 19.7 Å². The van der Waals surface area contributed by atoms with Gasteiger partial charge in [0, 0.05) is 38.0 Å². The zero-order valence-electron chi connectivity index (χ0n) is 12.3. The molecule has 0 aliphatic heterocycles. The number of nitrogens with one attached hydrogen (secondary N) is 1.